The minimum atomic E-state index is -0.0959. The summed E-state index contributed by atoms with van der Waals surface area (Å²) in [6.45, 7) is 6.58. The molecule has 2 N–H and O–H groups in total. The quantitative estimate of drug-likeness (QED) is 0.827. The van der Waals surface area contributed by atoms with E-state index in [-0.39, 0.29) is 24.4 Å². The third-order valence-corrected chi connectivity index (χ3v) is 4.30. The third-order valence-electron chi connectivity index (χ3n) is 4.30. The summed E-state index contributed by atoms with van der Waals surface area (Å²) in [6, 6.07) is 3.78. The van der Waals surface area contributed by atoms with Gasteiger partial charge in [0.1, 0.15) is 5.82 Å². The van der Waals surface area contributed by atoms with Crippen molar-refractivity contribution in [3.8, 4) is 11.4 Å². The first-order valence-corrected chi connectivity index (χ1v) is 9.03. The van der Waals surface area contributed by atoms with E-state index in [1.54, 1.807) is 24.2 Å². The summed E-state index contributed by atoms with van der Waals surface area (Å²) in [6.07, 6.45) is 4.04. The molecule has 0 unspecified atom stereocenters. The van der Waals surface area contributed by atoms with Crippen molar-refractivity contribution >= 4 is 17.6 Å². The van der Waals surface area contributed by atoms with E-state index >= 15 is 0 Å². The van der Waals surface area contributed by atoms with Crippen LogP contribution in [0.4, 0.5) is 5.82 Å². The number of anilines is 1. The van der Waals surface area contributed by atoms with Gasteiger partial charge in [-0.3, -0.25) is 14.6 Å². The normalized spacial score (nSPS) is 13.3. The summed E-state index contributed by atoms with van der Waals surface area (Å²) >= 11 is 0. The Morgan fingerprint density at radius 1 is 1.30 bits per heavy atom. The molecule has 2 aromatic heterocycles. The average molecular weight is 368 g/mol. The van der Waals surface area contributed by atoms with Crippen LogP contribution in [0.25, 0.3) is 11.4 Å². The van der Waals surface area contributed by atoms with E-state index < -0.39 is 0 Å². The van der Waals surface area contributed by atoms with Crippen molar-refractivity contribution in [1.82, 2.24) is 25.2 Å². The maximum atomic E-state index is 12.0. The van der Waals surface area contributed by atoms with Crippen LogP contribution in [0.15, 0.2) is 24.5 Å². The maximum Gasteiger partial charge on any atom is 0.239 e. The lowest BCUT2D eigenvalue weighted by Gasteiger charge is -2.28. The molecule has 142 valence electrons. The molecule has 8 heteroatoms. The Morgan fingerprint density at radius 3 is 2.78 bits per heavy atom. The highest BCUT2D eigenvalue weighted by Crippen LogP contribution is 2.27. The summed E-state index contributed by atoms with van der Waals surface area (Å²) in [5.41, 5.74) is 2.55. The van der Waals surface area contributed by atoms with Gasteiger partial charge in [0.25, 0.3) is 0 Å². The molecule has 0 bridgehead atoms. The van der Waals surface area contributed by atoms with E-state index in [4.69, 9.17) is 0 Å². The number of carbonyl (C=O) groups is 2. The van der Waals surface area contributed by atoms with Crippen LogP contribution in [0, 0.1) is 0 Å². The molecular weight excluding hydrogens is 344 g/mol. The van der Waals surface area contributed by atoms with Gasteiger partial charge in [-0.15, -0.1) is 0 Å². The largest absolute Gasteiger partial charge is 0.361 e. The van der Waals surface area contributed by atoms with E-state index in [9.17, 15) is 9.59 Å². The van der Waals surface area contributed by atoms with Crippen LogP contribution in [-0.4, -0.2) is 50.8 Å². The second kappa shape index (κ2) is 8.11. The van der Waals surface area contributed by atoms with Gasteiger partial charge in [-0.1, -0.05) is 0 Å². The van der Waals surface area contributed by atoms with Crippen molar-refractivity contribution in [3.05, 3.63) is 35.8 Å². The average Bonchev–Trinajstić information content (AvgIpc) is 2.65. The SMILES string of the molecule is CC(=O)N1CCc2c(nc(-c3cccnc3)nc2NCC(=O)NC(C)C)C1. The highest BCUT2D eigenvalue weighted by Gasteiger charge is 2.24. The fourth-order valence-corrected chi connectivity index (χ4v) is 3.01. The van der Waals surface area contributed by atoms with E-state index in [1.165, 1.54) is 0 Å². The Hall–Kier alpha value is -3.03. The van der Waals surface area contributed by atoms with Crippen LogP contribution in [-0.2, 0) is 22.6 Å². The van der Waals surface area contributed by atoms with Crippen LogP contribution >= 0.6 is 0 Å². The van der Waals surface area contributed by atoms with Gasteiger partial charge < -0.3 is 15.5 Å². The van der Waals surface area contributed by atoms with Crippen molar-refractivity contribution < 1.29 is 9.59 Å². The van der Waals surface area contributed by atoms with Crippen LogP contribution < -0.4 is 10.6 Å². The fourth-order valence-electron chi connectivity index (χ4n) is 3.01. The zero-order chi connectivity index (χ0) is 19.4. The molecule has 8 nitrogen and oxygen atoms in total. The molecule has 1 aliphatic rings. The van der Waals surface area contributed by atoms with Crippen molar-refractivity contribution in [3.63, 3.8) is 0 Å². The maximum absolute atomic E-state index is 12.0. The molecule has 0 saturated heterocycles. The van der Waals surface area contributed by atoms with Crippen LogP contribution in [0.5, 0.6) is 0 Å². The second-order valence-corrected chi connectivity index (χ2v) is 6.83. The second-order valence-electron chi connectivity index (χ2n) is 6.83. The summed E-state index contributed by atoms with van der Waals surface area (Å²) < 4.78 is 0. The van der Waals surface area contributed by atoms with Gasteiger partial charge in [0.2, 0.25) is 11.8 Å². The summed E-state index contributed by atoms with van der Waals surface area (Å²) in [4.78, 5) is 39.0. The van der Waals surface area contributed by atoms with E-state index in [0.717, 1.165) is 16.8 Å². The van der Waals surface area contributed by atoms with Gasteiger partial charge in [-0.05, 0) is 32.4 Å². The molecule has 3 rings (SSSR count). The first-order chi connectivity index (χ1) is 12.9. The monoisotopic (exact) mass is 368 g/mol. The fraction of sp³-hybridized carbons (Fsp3) is 0.421. The molecule has 0 fully saturated rings. The Morgan fingerprint density at radius 2 is 2.11 bits per heavy atom. The minimum Gasteiger partial charge on any atom is -0.361 e. The molecule has 0 aromatic carbocycles. The number of fused-ring (bicyclic) bond motifs is 1. The first-order valence-electron chi connectivity index (χ1n) is 9.03. The summed E-state index contributed by atoms with van der Waals surface area (Å²) in [5.74, 6) is 1.09. The topological polar surface area (TPSA) is 100 Å². The third kappa shape index (κ3) is 4.58. The van der Waals surface area contributed by atoms with Gasteiger partial charge in [0, 0.05) is 43.0 Å². The molecule has 0 saturated carbocycles. The zero-order valence-corrected chi connectivity index (χ0v) is 15.8. The van der Waals surface area contributed by atoms with Crippen LogP contribution in [0.1, 0.15) is 32.0 Å². The number of pyridine rings is 1. The summed E-state index contributed by atoms with van der Waals surface area (Å²) in [7, 11) is 0. The zero-order valence-electron chi connectivity index (χ0n) is 15.8. The molecule has 27 heavy (non-hydrogen) atoms. The van der Waals surface area contributed by atoms with Crippen molar-refractivity contribution in [1.29, 1.82) is 0 Å². The lowest BCUT2D eigenvalue weighted by atomic mass is 10.0. The Kier molecular flexibility index (Phi) is 5.63. The molecule has 1 aliphatic heterocycles. The van der Waals surface area contributed by atoms with Gasteiger partial charge in [0.15, 0.2) is 5.82 Å². The highest BCUT2D eigenvalue weighted by atomic mass is 16.2. The van der Waals surface area contributed by atoms with Crippen LogP contribution in [0.2, 0.25) is 0 Å². The van der Waals surface area contributed by atoms with E-state index in [2.05, 4.69) is 25.6 Å². The number of carbonyl (C=O) groups excluding carboxylic acids is 2. The first kappa shape index (κ1) is 18.8. The standard InChI is InChI=1S/C19H24N6O2/c1-12(2)22-17(27)10-21-19-15-6-8-25(13(3)26)11-16(15)23-18(24-19)14-5-4-7-20-9-14/h4-5,7,9,12H,6,8,10-11H2,1-3H3,(H,22,27)(H,21,23,24). The molecule has 0 spiro atoms. The van der Waals surface area contributed by atoms with Crippen molar-refractivity contribution in [2.24, 2.45) is 0 Å². The number of amides is 2. The molecule has 0 aliphatic carbocycles. The lowest BCUT2D eigenvalue weighted by Crippen LogP contribution is -2.37. The Labute approximate surface area is 158 Å². The predicted molar refractivity (Wildman–Crippen MR) is 102 cm³/mol. The van der Waals surface area contributed by atoms with Gasteiger partial charge in [0.05, 0.1) is 18.8 Å². The molecule has 0 radical (unpaired) electrons. The summed E-state index contributed by atoms with van der Waals surface area (Å²) in [5, 5.41) is 6.00. The molecule has 3 heterocycles. The minimum absolute atomic E-state index is 0.0213. The molecule has 2 aromatic rings. The molecule has 2 amide bonds. The lowest BCUT2D eigenvalue weighted by molar-refractivity contribution is -0.129. The number of hydrogen-bond donors (Lipinski definition) is 2. The van der Waals surface area contributed by atoms with E-state index in [0.29, 0.717) is 31.2 Å². The van der Waals surface area contributed by atoms with Crippen LogP contribution in [0.3, 0.4) is 0 Å². The predicted octanol–water partition coefficient (Wildman–Crippen LogP) is 1.38. The smallest absolute Gasteiger partial charge is 0.239 e. The number of aromatic nitrogens is 3. The van der Waals surface area contributed by atoms with Gasteiger partial charge >= 0.3 is 0 Å². The Bertz CT molecular complexity index is 838. The van der Waals surface area contributed by atoms with Crippen molar-refractivity contribution in [2.45, 2.75) is 39.8 Å². The number of rotatable bonds is 5. The number of nitrogens with one attached hydrogen (secondary N) is 2. The van der Waals surface area contributed by atoms with Gasteiger partial charge in [-0.25, -0.2) is 9.97 Å². The molecule has 0 atom stereocenters. The number of nitrogens with zero attached hydrogens (tertiary/aromatic N) is 4. The molecular formula is C19H24N6O2. The van der Waals surface area contributed by atoms with Gasteiger partial charge in [-0.2, -0.15) is 0 Å². The van der Waals surface area contributed by atoms with Crippen molar-refractivity contribution in [2.75, 3.05) is 18.4 Å². The number of hydrogen-bond acceptors (Lipinski definition) is 6. The Balaban J connectivity index is 1.92. The highest BCUT2D eigenvalue weighted by molar-refractivity contribution is 5.81. The van der Waals surface area contributed by atoms with E-state index in [1.807, 2.05) is 26.0 Å².